The average Bonchev–Trinajstić information content (AvgIpc) is 3.53. The molecule has 10 nitrogen and oxygen atoms in total. The van der Waals surface area contributed by atoms with Crippen LogP contribution in [0.25, 0.3) is 22.6 Å². The lowest BCUT2D eigenvalue weighted by atomic mass is 9.93. The van der Waals surface area contributed by atoms with Crippen molar-refractivity contribution >= 4 is 17.1 Å². The number of ether oxygens (including phenoxy) is 1. The van der Waals surface area contributed by atoms with Crippen LogP contribution in [-0.4, -0.2) is 87.3 Å². The molecule has 0 atom stereocenters. The number of ketones is 1. The van der Waals surface area contributed by atoms with E-state index in [1.807, 2.05) is 18.2 Å². The van der Waals surface area contributed by atoms with E-state index in [1.165, 1.54) is 6.92 Å². The van der Waals surface area contributed by atoms with Gasteiger partial charge in [-0.05, 0) is 78.4 Å². The molecule has 4 aromatic rings. The zero-order valence-electron chi connectivity index (χ0n) is 22.3. The van der Waals surface area contributed by atoms with Gasteiger partial charge >= 0.3 is 0 Å². The highest BCUT2D eigenvalue weighted by molar-refractivity contribution is 5.98. The second-order valence-electron chi connectivity index (χ2n) is 10.4. The number of piperazine rings is 1. The molecule has 39 heavy (non-hydrogen) atoms. The Hall–Kier alpha value is -3.89. The number of phenolic OH excluding ortho intramolecular Hbond substituents is 1. The standard InChI is InChI=1S/C29H32N6O4/c1-18(36)26-19(5-3-6-24(26)37)7-8-20-22-17-23-27(31-29-28(30-23)32-39-33-29)21(22)9-10-25(20)38-16-4-11-35-14-12-34(2)13-15-35/h3,5-6,9-10,37H,4,7-8,11-17H2,1-2H3. The Balaban J connectivity index is 1.26. The number of phenols is 1. The molecule has 202 valence electrons. The van der Waals surface area contributed by atoms with E-state index in [9.17, 15) is 9.90 Å². The molecule has 1 N–H and O–H groups in total. The molecule has 3 heterocycles. The van der Waals surface area contributed by atoms with E-state index >= 15 is 0 Å². The van der Waals surface area contributed by atoms with Gasteiger partial charge in [-0.1, -0.05) is 12.1 Å². The smallest absolute Gasteiger partial charge is 0.243 e. The molecule has 0 amide bonds. The number of fused-ring (bicyclic) bond motifs is 4. The Morgan fingerprint density at radius 1 is 1.05 bits per heavy atom. The number of aromatic nitrogens is 4. The first kappa shape index (κ1) is 25.4. The van der Waals surface area contributed by atoms with Crippen molar-refractivity contribution in [1.82, 2.24) is 30.1 Å². The van der Waals surface area contributed by atoms with E-state index in [0.29, 0.717) is 42.7 Å². The first-order chi connectivity index (χ1) is 19.0. The van der Waals surface area contributed by atoms with E-state index in [-0.39, 0.29) is 11.5 Å². The number of benzene rings is 2. The maximum atomic E-state index is 12.3. The van der Waals surface area contributed by atoms with E-state index in [4.69, 9.17) is 9.37 Å². The fourth-order valence-corrected chi connectivity index (χ4v) is 5.69. The summed E-state index contributed by atoms with van der Waals surface area (Å²) in [7, 11) is 2.17. The summed E-state index contributed by atoms with van der Waals surface area (Å²) >= 11 is 0. The summed E-state index contributed by atoms with van der Waals surface area (Å²) in [5.74, 6) is 0.713. The van der Waals surface area contributed by atoms with Gasteiger partial charge in [-0.3, -0.25) is 4.79 Å². The van der Waals surface area contributed by atoms with Crippen LogP contribution < -0.4 is 4.74 Å². The SMILES string of the molecule is CC(=O)c1c(O)cccc1CCc1c(OCCCN2CCN(C)CC2)ccc2c1Cc1nc3nonc3nc1-2. The summed E-state index contributed by atoms with van der Waals surface area (Å²) < 4.78 is 11.2. The van der Waals surface area contributed by atoms with Gasteiger partial charge in [0.25, 0.3) is 0 Å². The Morgan fingerprint density at radius 3 is 2.64 bits per heavy atom. The van der Waals surface area contributed by atoms with Crippen LogP contribution >= 0.6 is 0 Å². The topological polar surface area (TPSA) is 118 Å². The van der Waals surface area contributed by atoms with E-state index < -0.39 is 0 Å². The van der Waals surface area contributed by atoms with Gasteiger partial charge in [-0.15, -0.1) is 0 Å². The Labute approximate surface area is 226 Å². The van der Waals surface area contributed by atoms with Gasteiger partial charge in [0.15, 0.2) is 5.78 Å². The lowest BCUT2D eigenvalue weighted by molar-refractivity contribution is 0.101. The molecule has 2 aliphatic rings. The monoisotopic (exact) mass is 528 g/mol. The van der Waals surface area contributed by atoms with E-state index in [2.05, 4.69) is 37.1 Å². The third-order valence-corrected chi connectivity index (χ3v) is 7.77. The van der Waals surface area contributed by atoms with Crippen molar-refractivity contribution in [2.75, 3.05) is 46.4 Å². The molecular weight excluding hydrogens is 496 g/mol. The van der Waals surface area contributed by atoms with Crippen molar-refractivity contribution in [3.63, 3.8) is 0 Å². The Bertz CT molecular complexity index is 1530. The van der Waals surface area contributed by atoms with Crippen LogP contribution in [0.4, 0.5) is 0 Å². The number of likely N-dealkylation sites (N-methyl/N-ethyl adjacent to an activating group) is 1. The quantitative estimate of drug-likeness (QED) is 0.226. The highest BCUT2D eigenvalue weighted by Crippen LogP contribution is 2.41. The molecule has 0 bridgehead atoms. The summed E-state index contributed by atoms with van der Waals surface area (Å²) in [6.45, 7) is 7.51. The number of hydrogen-bond donors (Lipinski definition) is 1. The van der Waals surface area contributed by atoms with Crippen molar-refractivity contribution in [3.8, 4) is 22.8 Å². The van der Waals surface area contributed by atoms with Crippen molar-refractivity contribution in [2.45, 2.75) is 32.6 Å². The third-order valence-electron chi connectivity index (χ3n) is 7.77. The largest absolute Gasteiger partial charge is 0.507 e. The van der Waals surface area contributed by atoms with Gasteiger partial charge in [0.1, 0.15) is 11.5 Å². The fraction of sp³-hybridized carbons (Fsp3) is 0.414. The summed E-state index contributed by atoms with van der Waals surface area (Å²) in [6, 6.07) is 9.30. The average molecular weight is 529 g/mol. The maximum Gasteiger partial charge on any atom is 0.243 e. The molecule has 0 unspecified atom stereocenters. The number of nitrogens with zero attached hydrogens (tertiary/aromatic N) is 6. The van der Waals surface area contributed by atoms with Crippen LogP contribution in [0.15, 0.2) is 35.0 Å². The molecule has 10 heteroatoms. The predicted octanol–water partition coefficient (Wildman–Crippen LogP) is 3.29. The number of hydrogen-bond acceptors (Lipinski definition) is 10. The minimum Gasteiger partial charge on any atom is -0.507 e. The first-order valence-corrected chi connectivity index (χ1v) is 13.5. The number of rotatable bonds is 9. The number of aryl methyl sites for hydroxylation is 1. The van der Waals surface area contributed by atoms with Gasteiger partial charge in [-0.2, -0.15) is 0 Å². The first-order valence-electron chi connectivity index (χ1n) is 13.5. The summed E-state index contributed by atoms with van der Waals surface area (Å²) in [4.78, 5) is 26.5. The molecule has 6 rings (SSSR count). The zero-order valence-corrected chi connectivity index (χ0v) is 22.3. The molecule has 0 radical (unpaired) electrons. The molecule has 0 saturated carbocycles. The molecule has 0 spiro atoms. The van der Waals surface area contributed by atoms with Crippen molar-refractivity contribution in [3.05, 3.63) is 58.3 Å². The van der Waals surface area contributed by atoms with Gasteiger partial charge in [0.05, 0.1) is 23.6 Å². The second-order valence-corrected chi connectivity index (χ2v) is 10.4. The van der Waals surface area contributed by atoms with Crippen molar-refractivity contribution < 1.29 is 19.3 Å². The van der Waals surface area contributed by atoms with Crippen LogP contribution in [0, 0.1) is 0 Å². The van der Waals surface area contributed by atoms with Crippen molar-refractivity contribution in [1.29, 1.82) is 0 Å². The molecule has 1 aliphatic heterocycles. The van der Waals surface area contributed by atoms with Gasteiger partial charge < -0.3 is 19.6 Å². The minimum atomic E-state index is -0.146. The zero-order chi connectivity index (χ0) is 26.9. The summed E-state index contributed by atoms with van der Waals surface area (Å²) in [6.07, 6.45) is 2.78. The number of aromatic hydroxyl groups is 1. The normalized spacial score (nSPS) is 15.4. The van der Waals surface area contributed by atoms with Crippen LogP contribution in [0.1, 0.15) is 46.1 Å². The molecular formula is C29H32N6O4. The molecule has 1 saturated heterocycles. The predicted molar refractivity (Wildman–Crippen MR) is 145 cm³/mol. The molecule has 2 aromatic carbocycles. The highest BCUT2D eigenvalue weighted by atomic mass is 16.6. The lowest BCUT2D eigenvalue weighted by Gasteiger charge is -2.32. The van der Waals surface area contributed by atoms with Crippen LogP contribution in [0.5, 0.6) is 11.5 Å². The summed E-state index contributed by atoms with van der Waals surface area (Å²) in [5.41, 5.74) is 6.82. The lowest BCUT2D eigenvalue weighted by Crippen LogP contribution is -2.44. The Morgan fingerprint density at radius 2 is 1.85 bits per heavy atom. The fourth-order valence-electron chi connectivity index (χ4n) is 5.69. The molecule has 1 fully saturated rings. The van der Waals surface area contributed by atoms with Gasteiger partial charge in [0.2, 0.25) is 11.3 Å². The molecule has 2 aromatic heterocycles. The number of carbonyl (C=O) groups excluding carboxylic acids is 1. The summed E-state index contributed by atoms with van der Waals surface area (Å²) in [5, 5.41) is 18.1. The molecule has 1 aliphatic carbocycles. The number of Topliss-reactive ketones (excluding diaryl/α,β-unsaturated/α-hetero) is 1. The third kappa shape index (κ3) is 5.09. The van der Waals surface area contributed by atoms with Crippen LogP contribution in [-0.2, 0) is 19.3 Å². The van der Waals surface area contributed by atoms with Gasteiger partial charge in [0, 0.05) is 44.7 Å². The highest BCUT2D eigenvalue weighted by Gasteiger charge is 2.28. The van der Waals surface area contributed by atoms with Crippen molar-refractivity contribution in [2.24, 2.45) is 0 Å². The van der Waals surface area contributed by atoms with E-state index in [0.717, 1.165) is 78.5 Å². The minimum absolute atomic E-state index is 0.0173. The van der Waals surface area contributed by atoms with E-state index in [1.54, 1.807) is 12.1 Å². The number of carbonyl (C=O) groups is 1. The Kier molecular flexibility index (Phi) is 6.97. The maximum absolute atomic E-state index is 12.3. The van der Waals surface area contributed by atoms with Crippen LogP contribution in [0.3, 0.4) is 0 Å². The van der Waals surface area contributed by atoms with Gasteiger partial charge in [-0.25, -0.2) is 14.6 Å². The second kappa shape index (κ2) is 10.7. The van der Waals surface area contributed by atoms with Crippen LogP contribution in [0.2, 0.25) is 0 Å².